The molecule has 19 heavy (non-hydrogen) atoms. The second-order valence-electron chi connectivity index (χ2n) is 3.71. The summed E-state index contributed by atoms with van der Waals surface area (Å²) in [4.78, 5) is 0. The van der Waals surface area contributed by atoms with Gasteiger partial charge in [-0.3, -0.25) is 0 Å². The van der Waals surface area contributed by atoms with Gasteiger partial charge in [0.05, 0.1) is 6.04 Å². The Bertz CT molecular complexity index is 568. The van der Waals surface area contributed by atoms with Crippen molar-refractivity contribution in [3.8, 4) is 5.75 Å². The van der Waals surface area contributed by atoms with Gasteiger partial charge in [-0.05, 0) is 29.8 Å². The lowest BCUT2D eigenvalue weighted by molar-refractivity contribution is -0.274. The van der Waals surface area contributed by atoms with E-state index < -0.39 is 12.4 Å². The van der Waals surface area contributed by atoms with Gasteiger partial charge >= 0.3 is 6.36 Å². The first-order valence-corrected chi connectivity index (χ1v) is 5.60. The molecule has 2 N–H and O–H groups in total. The van der Waals surface area contributed by atoms with Crippen molar-refractivity contribution < 1.29 is 22.3 Å². The number of ether oxygens (including phenoxy) is 1. The lowest BCUT2D eigenvalue weighted by Gasteiger charge is -2.16. The molecule has 0 aliphatic heterocycles. The zero-order valence-corrected chi connectivity index (χ0v) is 10.2. The van der Waals surface area contributed by atoms with Crippen LogP contribution in [0.2, 0.25) is 5.22 Å². The number of halogens is 4. The number of rotatable bonds is 3. The smallest absolute Gasteiger partial charge is 0.448 e. The van der Waals surface area contributed by atoms with Crippen LogP contribution >= 0.6 is 11.6 Å². The maximum atomic E-state index is 12.3. The van der Waals surface area contributed by atoms with Crippen LogP contribution in [0.25, 0.3) is 0 Å². The Hall–Kier alpha value is -1.66. The quantitative estimate of drug-likeness (QED) is 0.933. The summed E-state index contributed by atoms with van der Waals surface area (Å²) in [5, 5.41) is 0.111. The molecule has 102 valence electrons. The van der Waals surface area contributed by atoms with Gasteiger partial charge in [-0.1, -0.05) is 18.2 Å². The first-order valence-electron chi connectivity index (χ1n) is 5.22. The van der Waals surface area contributed by atoms with Gasteiger partial charge < -0.3 is 14.9 Å². The fraction of sp³-hybridized carbons (Fsp3) is 0.167. The van der Waals surface area contributed by atoms with E-state index in [9.17, 15) is 13.2 Å². The molecule has 0 radical (unpaired) electrons. The SMILES string of the molecule is NC(c1ccc(Cl)o1)c1ccccc1OC(F)(F)F. The van der Waals surface area contributed by atoms with Crippen molar-refractivity contribution in [2.45, 2.75) is 12.4 Å². The third-order valence-corrected chi connectivity index (χ3v) is 2.58. The van der Waals surface area contributed by atoms with Crippen LogP contribution in [0.5, 0.6) is 5.75 Å². The summed E-state index contributed by atoms with van der Waals surface area (Å²) in [7, 11) is 0. The highest BCUT2D eigenvalue weighted by Gasteiger charge is 2.33. The van der Waals surface area contributed by atoms with Gasteiger partial charge in [-0.15, -0.1) is 13.2 Å². The first kappa shape index (κ1) is 13.8. The Morgan fingerprint density at radius 3 is 2.42 bits per heavy atom. The van der Waals surface area contributed by atoms with E-state index in [-0.39, 0.29) is 22.3 Å². The predicted molar refractivity (Wildman–Crippen MR) is 62.9 cm³/mol. The van der Waals surface area contributed by atoms with Crippen molar-refractivity contribution in [3.05, 3.63) is 52.9 Å². The molecule has 1 heterocycles. The topological polar surface area (TPSA) is 48.4 Å². The van der Waals surface area contributed by atoms with E-state index in [0.29, 0.717) is 0 Å². The van der Waals surface area contributed by atoms with Gasteiger partial charge in [0.15, 0.2) is 5.22 Å². The minimum Gasteiger partial charge on any atom is -0.448 e. The average Bonchev–Trinajstić information content (AvgIpc) is 2.74. The van der Waals surface area contributed by atoms with Gasteiger partial charge in [0.2, 0.25) is 0 Å². The van der Waals surface area contributed by atoms with E-state index in [1.165, 1.54) is 30.3 Å². The Morgan fingerprint density at radius 2 is 1.84 bits per heavy atom. The predicted octanol–water partition coefficient (Wildman–Crippen LogP) is 3.88. The van der Waals surface area contributed by atoms with Crippen LogP contribution in [0.15, 0.2) is 40.8 Å². The van der Waals surface area contributed by atoms with Crippen LogP contribution in [0, 0.1) is 0 Å². The molecular formula is C12H9ClF3NO2. The van der Waals surface area contributed by atoms with Crippen LogP contribution < -0.4 is 10.5 Å². The molecule has 2 rings (SSSR count). The van der Waals surface area contributed by atoms with Crippen LogP contribution in [0.3, 0.4) is 0 Å². The second-order valence-corrected chi connectivity index (χ2v) is 4.08. The van der Waals surface area contributed by atoms with Crippen LogP contribution in [0.4, 0.5) is 13.2 Å². The summed E-state index contributed by atoms with van der Waals surface area (Å²) in [5.74, 6) is -0.113. The minimum atomic E-state index is -4.78. The Labute approximate surface area is 111 Å². The molecule has 0 saturated heterocycles. The van der Waals surface area contributed by atoms with Gasteiger partial charge in [0.25, 0.3) is 0 Å². The number of furan rings is 1. The van der Waals surface area contributed by atoms with Gasteiger partial charge in [0.1, 0.15) is 11.5 Å². The third kappa shape index (κ3) is 3.42. The highest BCUT2D eigenvalue weighted by atomic mass is 35.5. The summed E-state index contributed by atoms with van der Waals surface area (Å²) in [6.45, 7) is 0. The van der Waals surface area contributed by atoms with Crippen LogP contribution in [-0.2, 0) is 0 Å². The number of hydrogen-bond acceptors (Lipinski definition) is 3. The molecule has 0 aliphatic carbocycles. The molecule has 1 unspecified atom stereocenters. The second kappa shape index (κ2) is 5.14. The van der Waals surface area contributed by atoms with Crippen molar-refractivity contribution in [1.29, 1.82) is 0 Å². The third-order valence-electron chi connectivity index (χ3n) is 2.38. The largest absolute Gasteiger partial charge is 0.573 e. The molecule has 0 amide bonds. The molecule has 1 aromatic carbocycles. The molecule has 1 atom stereocenters. The van der Waals surface area contributed by atoms with Gasteiger partial charge in [-0.25, -0.2) is 0 Å². The minimum absolute atomic E-state index is 0.111. The molecule has 2 aromatic rings. The lowest BCUT2D eigenvalue weighted by atomic mass is 10.0. The summed E-state index contributed by atoms with van der Waals surface area (Å²) >= 11 is 5.60. The van der Waals surface area contributed by atoms with E-state index in [0.717, 1.165) is 0 Å². The van der Waals surface area contributed by atoms with Crippen LogP contribution in [-0.4, -0.2) is 6.36 Å². The van der Waals surface area contributed by atoms with E-state index >= 15 is 0 Å². The summed E-state index contributed by atoms with van der Waals surface area (Å²) in [6, 6.07) is 7.66. The number of nitrogens with two attached hydrogens (primary N) is 1. The van der Waals surface area contributed by atoms with Crippen molar-refractivity contribution >= 4 is 11.6 Å². The summed E-state index contributed by atoms with van der Waals surface area (Å²) < 4.78 is 45.9. The summed E-state index contributed by atoms with van der Waals surface area (Å²) in [5.41, 5.74) is 6.01. The first-order chi connectivity index (χ1) is 8.87. The Kier molecular flexibility index (Phi) is 3.73. The van der Waals surface area contributed by atoms with Crippen LogP contribution in [0.1, 0.15) is 17.4 Å². The summed E-state index contributed by atoms with van der Waals surface area (Å²) in [6.07, 6.45) is -4.78. The number of alkyl halides is 3. The number of benzene rings is 1. The fourth-order valence-electron chi connectivity index (χ4n) is 1.60. The van der Waals surface area contributed by atoms with E-state index in [4.69, 9.17) is 21.8 Å². The zero-order valence-electron chi connectivity index (χ0n) is 9.45. The van der Waals surface area contributed by atoms with Crippen molar-refractivity contribution in [1.82, 2.24) is 0 Å². The van der Waals surface area contributed by atoms with Crippen molar-refractivity contribution in [2.24, 2.45) is 5.73 Å². The van der Waals surface area contributed by atoms with Crippen molar-refractivity contribution in [3.63, 3.8) is 0 Å². The average molecular weight is 292 g/mol. The molecular weight excluding hydrogens is 283 g/mol. The number of para-hydroxylation sites is 1. The van der Waals surface area contributed by atoms with E-state index in [1.807, 2.05) is 0 Å². The maximum Gasteiger partial charge on any atom is 0.573 e. The molecule has 3 nitrogen and oxygen atoms in total. The highest BCUT2D eigenvalue weighted by molar-refractivity contribution is 6.28. The fourth-order valence-corrected chi connectivity index (χ4v) is 1.76. The highest BCUT2D eigenvalue weighted by Crippen LogP contribution is 2.33. The lowest BCUT2D eigenvalue weighted by Crippen LogP contribution is -2.20. The Balaban J connectivity index is 2.34. The van der Waals surface area contributed by atoms with E-state index in [1.54, 1.807) is 6.07 Å². The molecule has 0 fully saturated rings. The van der Waals surface area contributed by atoms with E-state index in [2.05, 4.69) is 4.74 Å². The maximum absolute atomic E-state index is 12.3. The normalized spacial score (nSPS) is 13.3. The molecule has 0 spiro atoms. The molecule has 0 bridgehead atoms. The molecule has 7 heteroatoms. The monoisotopic (exact) mass is 291 g/mol. The molecule has 1 aromatic heterocycles. The number of hydrogen-bond donors (Lipinski definition) is 1. The van der Waals surface area contributed by atoms with Gasteiger partial charge in [0, 0.05) is 5.56 Å². The molecule has 0 aliphatic rings. The zero-order chi connectivity index (χ0) is 14.0. The van der Waals surface area contributed by atoms with Gasteiger partial charge in [-0.2, -0.15) is 0 Å². The molecule has 0 saturated carbocycles. The standard InChI is InChI=1S/C12H9ClF3NO2/c13-10-6-5-9(18-10)11(17)7-3-1-2-4-8(7)19-12(14,15)16/h1-6,11H,17H2. The Morgan fingerprint density at radius 1 is 1.16 bits per heavy atom. The van der Waals surface area contributed by atoms with Crippen molar-refractivity contribution in [2.75, 3.05) is 0 Å².